The maximum absolute atomic E-state index is 10.9. The van der Waals surface area contributed by atoms with Crippen LogP contribution in [0.2, 0.25) is 0 Å². The number of rotatable bonds is 4. The van der Waals surface area contributed by atoms with Crippen molar-refractivity contribution >= 4 is 45.1 Å². The highest BCUT2D eigenvalue weighted by atomic mass is 35.5. The molecule has 0 amide bonds. The molecular formula is C8H2Cl2N2O6. The van der Waals surface area contributed by atoms with Gasteiger partial charge < -0.3 is 0 Å². The van der Waals surface area contributed by atoms with Crippen molar-refractivity contribution in [2.45, 2.75) is 0 Å². The van der Waals surface area contributed by atoms with Gasteiger partial charge in [0.15, 0.2) is 0 Å². The molecule has 0 spiro atoms. The van der Waals surface area contributed by atoms with E-state index in [-0.39, 0.29) is 0 Å². The average molecular weight is 293 g/mol. The Balaban J connectivity index is 3.71. The number of carbonyl (C=O) groups is 2. The molecule has 10 heteroatoms. The molecule has 0 heterocycles. The van der Waals surface area contributed by atoms with Crippen molar-refractivity contribution in [3.8, 4) is 0 Å². The number of hydrogen-bond donors (Lipinski definition) is 0. The van der Waals surface area contributed by atoms with Gasteiger partial charge in [0.2, 0.25) is 0 Å². The molecule has 0 aliphatic rings. The molecule has 0 radical (unpaired) electrons. The van der Waals surface area contributed by atoms with E-state index in [9.17, 15) is 29.8 Å². The summed E-state index contributed by atoms with van der Waals surface area (Å²) in [5.41, 5.74) is -3.03. The lowest BCUT2D eigenvalue weighted by molar-refractivity contribution is -0.389. The van der Waals surface area contributed by atoms with Crippen LogP contribution in [0, 0.1) is 20.2 Å². The van der Waals surface area contributed by atoms with Crippen LogP contribution < -0.4 is 0 Å². The van der Waals surface area contributed by atoms with Crippen LogP contribution in [-0.4, -0.2) is 20.3 Å². The fourth-order valence-electron chi connectivity index (χ4n) is 1.19. The van der Waals surface area contributed by atoms with Gasteiger partial charge >= 0.3 is 0 Å². The first-order chi connectivity index (χ1) is 8.25. The van der Waals surface area contributed by atoms with Gasteiger partial charge in [-0.2, -0.15) is 0 Å². The largest absolute Gasteiger partial charge is 0.282 e. The van der Waals surface area contributed by atoms with Crippen molar-refractivity contribution < 1.29 is 19.4 Å². The Kier molecular flexibility index (Phi) is 3.94. The predicted octanol–water partition coefficient (Wildman–Crippen LogP) is 2.26. The van der Waals surface area contributed by atoms with Crippen LogP contribution in [-0.2, 0) is 0 Å². The highest BCUT2D eigenvalue weighted by molar-refractivity contribution is 6.69. The summed E-state index contributed by atoms with van der Waals surface area (Å²) in [5, 5.41) is 18.8. The second-order valence-electron chi connectivity index (χ2n) is 2.95. The highest BCUT2D eigenvalue weighted by Gasteiger charge is 2.29. The average Bonchev–Trinajstić information content (AvgIpc) is 2.26. The lowest BCUT2D eigenvalue weighted by atomic mass is 10.1. The molecule has 0 fully saturated rings. The molecule has 94 valence electrons. The molecule has 0 atom stereocenters. The normalized spacial score (nSPS) is 9.89. The van der Waals surface area contributed by atoms with E-state index in [1.807, 2.05) is 0 Å². The number of nitro groups is 2. The van der Waals surface area contributed by atoms with Crippen molar-refractivity contribution in [3.05, 3.63) is 43.5 Å². The fraction of sp³-hybridized carbons (Fsp3) is 0. The lowest BCUT2D eigenvalue weighted by Crippen LogP contribution is -2.05. The number of nitrogens with zero attached hydrogens (tertiary/aromatic N) is 2. The van der Waals surface area contributed by atoms with Gasteiger partial charge in [0, 0.05) is 12.1 Å². The molecule has 8 nitrogen and oxygen atoms in total. The van der Waals surface area contributed by atoms with Gasteiger partial charge in [-0.15, -0.1) is 0 Å². The number of nitro benzene ring substituents is 2. The summed E-state index contributed by atoms with van der Waals surface area (Å²) in [6.45, 7) is 0. The quantitative estimate of drug-likeness (QED) is 0.477. The van der Waals surface area contributed by atoms with E-state index in [0.717, 1.165) is 0 Å². The van der Waals surface area contributed by atoms with E-state index in [1.54, 1.807) is 0 Å². The van der Waals surface area contributed by atoms with Crippen LogP contribution in [0.1, 0.15) is 20.7 Å². The Bertz CT molecular complexity index is 487. The molecule has 0 aromatic heterocycles. The Labute approximate surface area is 108 Å². The Morgan fingerprint density at radius 1 is 0.889 bits per heavy atom. The van der Waals surface area contributed by atoms with Gasteiger partial charge in [-0.25, -0.2) is 0 Å². The molecular weight excluding hydrogens is 291 g/mol. The number of hydrogen-bond acceptors (Lipinski definition) is 6. The standard InChI is InChI=1S/C8H2Cl2N2O6/c9-7(13)3-1-5(11(15)16)4(8(10)14)2-6(3)12(17)18/h1-2H. The molecule has 0 aliphatic carbocycles. The van der Waals surface area contributed by atoms with Gasteiger partial charge in [0.25, 0.3) is 21.9 Å². The Hall–Kier alpha value is -2.06. The Morgan fingerprint density at radius 2 is 1.17 bits per heavy atom. The molecule has 1 aromatic carbocycles. The minimum Gasteiger partial charge on any atom is -0.275 e. The molecule has 0 bridgehead atoms. The third-order valence-electron chi connectivity index (χ3n) is 1.93. The van der Waals surface area contributed by atoms with Crippen LogP contribution in [0.4, 0.5) is 11.4 Å². The second kappa shape index (κ2) is 5.07. The molecule has 0 saturated heterocycles. The number of carbonyl (C=O) groups excluding carboxylic acids is 2. The third-order valence-corrected chi connectivity index (χ3v) is 2.34. The summed E-state index contributed by atoms with van der Waals surface area (Å²) < 4.78 is 0. The number of benzene rings is 1. The molecule has 0 saturated carbocycles. The van der Waals surface area contributed by atoms with E-state index in [1.165, 1.54) is 0 Å². The van der Waals surface area contributed by atoms with Crippen molar-refractivity contribution in [1.82, 2.24) is 0 Å². The first-order valence-corrected chi connectivity index (χ1v) is 4.87. The maximum Gasteiger partial charge on any atom is 0.282 e. The zero-order valence-electron chi connectivity index (χ0n) is 8.25. The van der Waals surface area contributed by atoms with Crippen molar-refractivity contribution in [2.24, 2.45) is 0 Å². The van der Waals surface area contributed by atoms with E-state index < -0.39 is 42.8 Å². The topological polar surface area (TPSA) is 120 Å². The zero-order valence-corrected chi connectivity index (χ0v) is 9.77. The van der Waals surface area contributed by atoms with Crippen molar-refractivity contribution in [1.29, 1.82) is 0 Å². The van der Waals surface area contributed by atoms with Crippen molar-refractivity contribution in [3.63, 3.8) is 0 Å². The third kappa shape index (κ3) is 2.60. The van der Waals surface area contributed by atoms with Crippen LogP contribution >= 0.6 is 23.2 Å². The first kappa shape index (κ1) is 14.0. The second-order valence-corrected chi connectivity index (χ2v) is 3.63. The molecule has 0 aliphatic heterocycles. The summed E-state index contributed by atoms with van der Waals surface area (Å²) in [5.74, 6) is 0. The fourth-order valence-corrected chi connectivity index (χ4v) is 1.50. The lowest BCUT2D eigenvalue weighted by Gasteiger charge is -2.01. The van der Waals surface area contributed by atoms with Crippen LogP contribution in [0.3, 0.4) is 0 Å². The minimum absolute atomic E-state index is 0.545. The van der Waals surface area contributed by atoms with E-state index in [2.05, 4.69) is 0 Å². The maximum atomic E-state index is 10.9. The summed E-state index contributed by atoms with van der Waals surface area (Å²) in [6.07, 6.45) is 0. The summed E-state index contributed by atoms with van der Waals surface area (Å²) in [6, 6.07) is 1.09. The van der Waals surface area contributed by atoms with Gasteiger partial charge in [-0.05, 0) is 23.2 Å². The van der Waals surface area contributed by atoms with Gasteiger partial charge in [0.05, 0.1) is 9.85 Å². The van der Waals surface area contributed by atoms with Crippen LogP contribution in [0.5, 0.6) is 0 Å². The van der Waals surface area contributed by atoms with Gasteiger partial charge in [-0.3, -0.25) is 29.8 Å². The molecule has 1 aromatic rings. The molecule has 1 rings (SSSR count). The summed E-state index contributed by atoms with van der Waals surface area (Å²) in [7, 11) is 0. The van der Waals surface area contributed by atoms with E-state index in [4.69, 9.17) is 23.2 Å². The predicted molar refractivity (Wildman–Crippen MR) is 60.1 cm³/mol. The SMILES string of the molecule is O=C(Cl)c1cc([N+](=O)[O-])c(C(=O)Cl)cc1[N+](=O)[O-]. The minimum atomic E-state index is -1.25. The highest BCUT2D eigenvalue weighted by Crippen LogP contribution is 2.30. The molecule has 0 N–H and O–H groups in total. The van der Waals surface area contributed by atoms with Gasteiger partial charge in [0.1, 0.15) is 11.1 Å². The van der Waals surface area contributed by atoms with Crippen molar-refractivity contribution in [2.75, 3.05) is 0 Å². The van der Waals surface area contributed by atoms with E-state index >= 15 is 0 Å². The molecule has 18 heavy (non-hydrogen) atoms. The monoisotopic (exact) mass is 292 g/mol. The van der Waals surface area contributed by atoms with Gasteiger partial charge in [-0.1, -0.05) is 0 Å². The smallest absolute Gasteiger partial charge is 0.275 e. The summed E-state index contributed by atoms with van der Waals surface area (Å²) in [4.78, 5) is 41.2. The van der Waals surface area contributed by atoms with Crippen LogP contribution in [0.25, 0.3) is 0 Å². The number of halogens is 2. The first-order valence-electron chi connectivity index (χ1n) is 4.12. The van der Waals surface area contributed by atoms with E-state index in [0.29, 0.717) is 12.1 Å². The molecule has 0 unspecified atom stereocenters. The Morgan fingerprint density at radius 3 is 1.33 bits per heavy atom. The van der Waals surface area contributed by atoms with Crippen LogP contribution in [0.15, 0.2) is 12.1 Å². The summed E-state index contributed by atoms with van der Waals surface area (Å²) >= 11 is 10.2. The zero-order chi connectivity index (χ0) is 14.0.